The van der Waals surface area contributed by atoms with E-state index in [-0.39, 0.29) is 24.5 Å². The van der Waals surface area contributed by atoms with E-state index in [9.17, 15) is 9.59 Å². The van der Waals surface area contributed by atoms with Gasteiger partial charge in [0.15, 0.2) is 5.78 Å². The fraction of sp³-hybridized carbons (Fsp3) is 0.500. The van der Waals surface area contributed by atoms with E-state index >= 15 is 0 Å². The predicted molar refractivity (Wildman–Crippen MR) is 75.2 cm³/mol. The molecule has 0 saturated carbocycles. The molecular weight excluding hydrogens is 260 g/mol. The summed E-state index contributed by atoms with van der Waals surface area (Å²) in [6.45, 7) is 4.31. The topological polar surface area (TPSA) is 61.2 Å². The summed E-state index contributed by atoms with van der Waals surface area (Å²) < 4.78 is 0. The molecule has 0 radical (unpaired) electrons. The molecule has 102 valence electrons. The Kier molecular flexibility index (Phi) is 5.71. The molecule has 0 N–H and O–H groups in total. The Hall–Kier alpha value is -1.67. The van der Waals surface area contributed by atoms with Crippen LogP contribution in [0.25, 0.3) is 0 Å². The minimum Gasteiger partial charge on any atom is -0.345 e. The van der Waals surface area contributed by atoms with Gasteiger partial charge in [0, 0.05) is 41.8 Å². The van der Waals surface area contributed by atoms with Gasteiger partial charge in [-0.15, -0.1) is 11.3 Å². The van der Waals surface area contributed by atoms with Gasteiger partial charge in [-0.25, -0.2) is 0 Å². The Morgan fingerprint density at radius 3 is 2.58 bits per heavy atom. The highest BCUT2D eigenvalue weighted by Gasteiger charge is 2.15. The maximum atomic E-state index is 12.0. The molecule has 0 unspecified atom stereocenters. The third kappa shape index (κ3) is 4.49. The van der Waals surface area contributed by atoms with Gasteiger partial charge in [0.25, 0.3) is 0 Å². The molecule has 1 rings (SSSR count). The van der Waals surface area contributed by atoms with E-state index in [4.69, 9.17) is 5.26 Å². The van der Waals surface area contributed by atoms with Crippen molar-refractivity contribution in [2.75, 3.05) is 13.6 Å². The number of Topliss-reactive ketones (excluding diaryl/α,β-unsaturated/α-hetero) is 1. The second-order valence-electron chi connectivity index (χ2n) is 4.47. The lowest BCUT2D eigenvalue weighted by Gasteiger charge is -2.14. The normalized spacial score (nSPS) is 10.0. The standard InChI is InChI=1S/C14H18N2O2S/c1-10-9-12(11(2)19-10)13(17)5-6-14(18)16(3)8-4-7-15/h9H,4-6,8H2,1-3H3. The van der Waals surface area contributed by atoms with Crippen molar-refractivity contribution in [3.05, 3.63) is 21.4 Å². The summed E-state index contributed by atoms with van der Waals surface area (Å²) in [5, 5.41) is 8.46. The number of hydrogen-bond donors (Lipinski definition) is 0. The first kappa shape index (κ1) is 15.4. The minimum atomic E-state index is -0.0896. The maximum Gasteiger partial charge on any atom is 0.222 e. The fourth-order valence-corrected chi connectivity index (χ4v) is 2.74. The van der Waals surface area contributed by atoms with E-state index < -0.39 is 0 Å². The quantitative estimate of drug-likeness (QED) is 0.752. The Bertz CT molecular complexity index is 514. The lowest BCUT2D eigenvalue weighted by atomic mass is 10.1. The van der Waals surface area contributed by atoms with Gasteiger partial charge >= 0.3 is 0 Å². The Morgan fingerprint density at radius 1 is 1.37 bits per heavy atom. The van der Waals surface area contributed by atoms with Crippen LogP contribution >= 0.6 is 11.3 Å². The van der Waals surface area contributed by atoms with Crippen molar-refractivity contribution in [2.45, 2.75) is 33.1 Å². The van der Waals surface area contributed by atoms with Gasteiger partial charge in [0.2, 0.25) is 5.91 Å². The molecule has 0 atom stereocenters. The highest BCUT2D eigenvalue weighted by atomic mass is 32.1. The summed E-state index contributed by atoms with van der Waals surface area (Å²) in [6.07, 6.45) is 0.751. The number of thiophene rings is 1. The van der Waals surface area contributed by atoms with E-state index in [1.165, 1.54) is 4.90 Å². The van der Waals surface area contributed by atoms with E-state index in [0.717, 1.165) is 15.3 Å². The summed E-state index contributed by atoms with van der Waals surface area (Å²) >= 11 is 1.60. The van der Waals surface area contributed by atoms with Crippen molar-refractivity contribution in [3.8, 4) is 6.07 Å². The maximum absolute atomic E-state index is 12.0. The van der Waals surface area contributed by atoms with Crippen molar-refractivity contribution in [1.29, 1.82) is 5.26 Å². The Morgan fingerprint density at radius 2 is 2.05 bits per heavy atom. The number of carbonyl (C=O) groups excluding carboxylic acids is 2. The van der Waals surface area contributed by atoms with Gasteiger partial charge in [-0.05, 0) is 19.9 Å². The van der Waals surface area contributed by atoms with Gasteiger partial charge in [-0.3, -0.25) is 9.59 Å². The first-order valence-corrected chi connectivity index (χ1v) is 6.98. The molecule has 0 aliphatic carbocycles. The average Bonchev–Trinajstić information content (AvgIpc) is 2.71. The van der Waals surface area contributed by atoms with Crippen molar-refractivity contribution in [1.82, 2.24) is 4.90 Å². The number of aryl methyl sites for hydroxylation is 2. The molecule has 1 aromatic rings. The van der Waals surface area contributed by atoms with Gasteiger partial charge in [-0.1, -0.05) is 0 Å². The minimum absolute atomic E-state index is 0.0175. The molecule has 0 aliphatic rings. The van der Waals surface area contributed by atoms with Crippen LogP contribution in [0.4, 0.5) is 0 Å². The van der Waals surface area contributed by atoms with E-state index in [0.29, 0.717) is 13.0 Å². The smallest absolute Gasteiger partial charge is 0.222 e. The van der Waals surface area contributed by atoms with Crippen LogP contribution in [0.2, 0.25) is 0 Å². The molecular formula is C14H18N2O2S. The third-order valence-corrected chi connectivity index (χ3v) is 3.86. The van der Waals surface area contributed by atoms with Gasteiger partial charge in [-0.2, -0.15) is 5.26 Å². The van der Waals surface area contributed by atoms with Gasteiger partial charge in [0.05, 0.1) is 12.5 Å². The average molecular weight is 278 g/mol. The number of amides is 1. The predicted octanol–water partition coefficient (Wildman–Crippen LogP) is 2.70. The zero-order valence-corrected chi connectivity index (χ0v) is 12.3. The molecule has 19 heavy (non-hydrogen) atoms. The van der Waals surface area contributed by atoms with Crippen molar-refractivity contribution < 1.29 is 9.59 Å². The molecule has 4 nitrogen and oxygen atoms in total. The zero-order valence-electron chi connectivity index (χ0n) is 11.5. The monoisotopic (exact) mass is 278 g/mol. The summed E-state index contributed by atoms with van der Waals surface area (Å²) in [5.41, 5.74) is 0.731. The number of rotatable bonds is 6. The summed E-state index contributed by atoms with van der Waals surface area (Å²) in [7, 11) is 1.66. The molecule has 1 aromatic heterocycles. The van der Waals surface area contributed by atoms with Crippen molar-refractivity contribution >= 4 is 23.0 Å². The van der Waals surface area contributed by atoms with E-state index in [1.807, 2.05) is 26.0 Å². The second-order valence-corrected chi connectivity index (χ2v) is 5.93. The van der Waals surface area contributed by atoms with Gasteiger partial charge in [0.1, 0.15) is 0 Å². The lowest BCUT2D eigenvalue weighted by molar-refractivity contribution is -0.129. The molecule has 1 amide bonds. The lowest BCUT2D eigenvalue weighted by Crippen LogP contribution is -2.27. The number of nitriles is 1. The second kappa shape index (κ2) is 7.05. The molecule has 0 aliphatic heterocycles. The summed E-state index contributed by atoms with van der Waals surface area (Å²) in [4.78, 5) is 27.4. The largest absolute Gasteiger partial charge is 0.345 e. The first-order valence-electron chi connectivity index (χ1n) is 6.17. The van der Waals surface area contributed by atoms with Crippen LogP contribution in [-0.2, 0) is 4.79 Å². The molecule has 1 heterocycles. The number of nitrogens with zero attached hydrogens (tertiary/aromatic N) is 2. The fourth-order valence-electron chi connectivity index (χ4n) is 1.80. The molecule has 0 fully saturated rings. The number of ketones is 1. The SMILES string of the molecule is Cc1cc(C(=O)CCC(=O)N(C)CCC#N)c(C)s1. The molecule has 0 bridgehead atoms. The highest BCUT2D eigenvalue weighted by molar-refractivity contribution is 7.12. The summed E-state index contributed by atoms with van der Waals surface area (Å²) in [6, 6.07) is 3.88. The van der Waals surface area contributed by atoms with Crippen LogP contribution in [0.15, 0.2) is 6.07 Å². The summed E-state index contributed by atoms with van der Waals surface area (Å²) in [5.74, 6) is -0.0721. The molecule has 0 spiro atoms. The van der Waals surface area contributed by atoms with E-state index in [2.05, 4.69) is 0 Å². The van der Waals surface area contributed by atoms with Crippen LogP contribution < -0.4 is 0 Å². The third-order valence-electron chi connectivity index (χ3n) is 2.89. The Labute approximate surface area is 117 Å². The first-order chi connectivity index (χ1) is 8.95. The van der Waals surface area contributed by atoms with Gasteiger partial charge < -0.3 is 4.90 Å². The van der Waals surface area contributed by atoms with Crippen LogP contribution in [0, 0.1) is 25.2 Å². The zero-order chi connectivity index (χ0) is 14.4. The van der Waals surface area contributed by atoms with Crippen LogP contribution in [-0.4, -0.2) is 30.2 Å². The van der Waals surface area contributed by atoms with Crippen molar-refractivity contribution in [2.24, 2.45) is 0 Å². The van der Waals surface area contributed by atoms with Crippen LogP contribution in [0.5, 0.6) is 0 Å². The molecule has 0 aromatic carbocycles. The van der Waals surface area contributed by atoms with Crippen LogP contribution in [0.1, 0.15) is 39.4 Å². The molecule has 5 heteroatoms. The molecule has 0 saturated heterocycles. The highest BCUT2D eigenvalue weighted by Crippen LogP contribution is 2.22. The Balaban J connectivity index is 2.49. The number of carbonyl (C=O) groups is 2. The van der Waals surface area contributed by atoms with Crippen molar-refractivity contribution in [3.63, 3.8) is 0 Å². The van der Waals surface area contributed by atoms with E-state index in [1.54, 1.807) is 18.4 Å². The number of hydrogen-bond acceptors (Lipinski definition) is 4. The van der Waals surface area contributed by atoms with Crippen LogP contribution in [0.3, 0.4) is 0 Å².